The third-order valence-electron chi connectivity index (χ3n) is 3.11. The summed E-state index contributed by atoms with van der Waals surface area (Å²) >= 11 is 0. The molecule has 108 valence electrons. The van der Waals surface area contributed by atoms with E-state index in [-0.39, 0.29) is 6.42 Å². The second-order valence-corrected chi connectivity index (χ2v) is 4.65. The predicted octanol–water partition coefficient (Wildman–Crippen LogP) is 3.85. The molecule has 0 radical (unpaired) electrons. The van der Waals surface area contributed by atoms with E-state index in [0.717, 1.165) is 12.1 Å². The van der Waals surface area contributed by atoms with Crippen molar-refractivity contribution in [1.29, 1.82) is 5.26 Å². The van der Waals surface area contributed by atoms with Gasteiger partial charge in [0.25, 0.3) is 0 Å². The Hall–Kier alpha value is -2.32. The van der Waals surface area contributed by atoms with Crippen molar-refractivity contribution in [3.05, 3.63) is 70.8 Å². The van der Waals surface area contributed by atoms with Crippen molar-refractivity contribution in [3.63, 3.8) is 0 Å². The van der Waals surface area contributed by atoms with E-state index >= 15 is 0 Å². The van der Waals surface area contributed by atoms with Crippen LogP contribution in [0.2, 0.25) is 0 Å². The van der Waals surface area contributed by atoms with Gasteiger partial charge in [0.15, 0.2) is 0 Å². The molecule has 0 heterocycles. The summed E-state index contributed by atoms with van der Waals surface area (Å²) in [7, 11) is 0. The van der Waals surface area contributed by atoms with E-state index in [2.05, 4.69) is 0 Å². The molecule has 0 saturated heterocycles. The van der Waals surface area contributed by atoms with E-state index in [0.29, 0.717) is 16.7 Å². The van der Waals surface area contributed by atoms with Crippen molar-refractivity contribution in [2.24, 2.45) is 0 Å². The van der Waals surface area contributed by atoms with E-state index in [1.807, 2.05) is 6.07 Å². The Morgan fingerprint density at radius 2 is 1.76 bits per heavy atom. The second-order valence-electron chi connectivity index (χ2n) is 4.65. The molecule has 0 aliphatic heterocycles. The molecular weight excluding hydrogens is 279 g/mol. The maximum atomic E-state index is 12.6. The van der Waals surface area contributed by atoms with E-state index in [1.165, 1.54) is 6.07 Å². The zero-order chi connectivity index (χ0) is 15.5. The van der Waals surface area contributed by atoms with Crippen LogP contribution in [0.4, 0.5) is 13.2 Å². The van der Waals surface area contributed by atoms with Gasteiger partial charge in [0.2, 0.25) is 0 Å². The van der Waals surface area contributed by atoms with E-state index in [9.17, 15) is 18.3 Å². The first-order valence-corrected chi connectivity index (χ1v) is 6.24. The molecule has 0 aliphatic carbocycles. The van der Waals surface area contributed by atoms with Gasteiger partial charge in [0, 0.05) is 6.42 Å². The zero-order valence-electron chi connectivity index (χ0n) is 10.9. The summed E-state index contributed by atoms with van der Waals surface area (Å²) in [5.74, 6) is 0. The molecule has 0 spiro atoms. The number of hydrogen-bond acceptors (Lipinski definition) is 2. The molecule has 0 saturated carbocycles. The Morgan fingerprint density at radius 1 is 1.10 bits per heavy atom. The van der Waals surface area contributed by atoms with Crippen LogP contribution in [0.25, 0.3) is 0 Å². The number of nitriles is 1. The normalized spacial score (nSPS) is 12.7. The Morgan fingerprint density at radius 3 is 2.33 bits per heavy atom. The van der Waals surface area contributed by atoms with Crippen molar-refractivity contribution in [1.82, 2.24) is 0 Å². The zero-order valence-corrected chi connectivity index (χ0v) is 10.9. The lowest BCUT2D eigenvalue weighted by atomic mass is 9.99. The Bertz CT molecular complexity index is 656. The summed E-state index contributed by atoms with van der Waals surface area (Å²) in [6.45, 7) is 0. The molecule has 2 aromatic carbocycles. The van der Waals surface area contributed by atoms with Crippen LogP contribution in [0.15, 0.2) is 48.5 Å². The standard InChI is InChI=1S/C16H12F3NO/c17-16(18,19)14-3-1-2-12(8-14)9-15(21)13-6-4-11(10-20)5-7-13/h1-8,15,21H,9H2. The molecule has 1 unspecified atom stereocenters. The molecule has 0 amide bonds. The monoisotopic (exact) mass is 291 g/mol. The number of benzene rings is 2. The van der Waals surface area contributed by atoms with Gasteiger partial charge in [-0.15, -0.1) is 0 Å². The molecule has 2 aromatic rings. The quantitative estimate of drug-likeness (QED) is 0.933. The fourth-order valence-electron chi connectivity index (χ4n) is 2.00. The summed E-state index contributed by atoms with van der Waals surface area (Å²) in [4.78, 5) is 0. The number of halogens is 3. The molecule has 2 nitrogen and oxygen atoms in total. The molecule has 21 heavy (non-hydrogen) atoms. The van der Waals surface area contributed by atoms with Gasteiger partial charge in [0.1, 0.15) is 0 Å². The molecule has 0 aliphatic rings. The van der Waals surface area contributed by atoms with Gasteiger partial charge in [-0.1, -0.05) is 30.3 Å². The van der Waals surface area contributed by atoms with Crippen LogP contribution < -0.4 is 0 Å². The third kappa shape index (κ3) is 3.83. The lowest BCUT2D eigenvalue weighted by Crippen LogP contribution is -2.07. The third-order valence-corrected chi connectivity index (χ3v) is 3.11. The molecule has 2 rings (SSSR count). The summed E-state index contributed by atoms with van der Waals surface area (Å²) in [6, 6.07) is 13.2. The van der Waals surface area contributed by atoms with Crippen molar-refractivity contribution < 1.29 is 18.3 Å². The summed E-state index contributed by atoms with van der Waals surface area (Å²) in [6.07, 6.45) is -5.23. The second kappa shape index (κ2) is 5.98. The molecule has 1 N–H and O–H groups in total. The fraction of sp³-hybridized carbons (Fsp3) is 0.188. The molecule has 5 heteroatoms. The molecule has 0 fully saturated rings. The van der Waals surface area contributed by atoms with Crippen LogP contribution >= 0.6 is 0 Å². The van der Waals surface area contributed by atoms with Gasteiger partial charge in [-0.2, -0.15) is 18.4 Å². The maximum absolute atomic E-state index is 12.6. The maximum Gasteiger partial charge on any atom is 0.416 e. The number of alkyl halides is 3. The van der Waals surface area contributed by atoms with E-state index < -0.39 is 17.8 Å². The average Bonchev–Trinajstić information content (AvgIpc) is 2.47. The van der Waals surface area contributed by atoms with Gasteiger partial charge in [0.05, 0.1) is 23.3 Å². The smallest absolute Gasteiger partial charge is 0.388 e. The molecular formula is C16H12F3NO. The van der Waals surface area contributed by atoms with Crippen LogP contribution in [-0.2, 0) is 12.6 Å². The van der Waals surface area contributed by atoms with Crippen molar-refractivity contribution in [3.8, 4) is 6.07 Å². The topological polar surface area (TPSA) is 44.0 Å². The minimum Gasteiger partial charge on any atom is -0.388 e. The predicted molar refractivity (Wildman–Crippen MR) is 71.3 cm³/mol. The Balaban J connectivity index is 2.15. The number of nitrogens with zero attached hydrogens (tertiary/aromatic N) is 1. The van der Waals surface area contributed by atoms with E-state index in [1.54, 1.807) is 30.3 Å². The summed E-state index contributed by atoms with van der Waals surface area (Å²) in [5, 5.41) is 18.8. The highest BCUT2D eigenvalue weighted by Gasteiger charge is 2.30. The van der Waals surface area contributed by atoms with Crippen LogP contribution in [0.3, 0.4) is 0 Å². The van der Waals surface area contributed by atoms with Crippen LogP contribution in [0.1, 0.15) is 28.4 Å². The number of hydrogen-bond donors (Lipinski definition) is 1. The van der Waals surface area contributed by atoms with Crippen molar-refractivity contribution >= 4 is 0 Å². The first-order chi connectivity index (χ1) is 9.90. The van der Waals surface area contributed by atoms with Gasteiger partial charge in [-0.3, -0.25) is 0 Å². The summed E-state index contributed by atoms with van der Waals surface area (Å²) in [5.41, 5.74) is 0.699. The molecule has 0 bridgehead atoms. The SMILES string of the molecule is N#Cc1ccc(C(O)Cc2cccc(C(F)(F)F)c2)cc1. The van der Waals surface area contributed by atoms with Crippen LogP contribution in [-0.4, -0.2) is 5.11 Å². The lowest BCUT2D eigenvalue weighted by Gasteiger charge is -2.13. The van der Waals surface area contributed by atoms with Crippen LogP contribution in [0.5, 0.6) is 0 Å². The fourth-order valence-corrected chi connectivity index (χ4v) is 2.00. The van der Waals surface area contributed by atoms with Gasteiger partial charge in [-0.05, 0) is 29.3 Å². The summed E-state index contributed by atoms with van der Waals surface area (Å²) < 4.78 is 37.9. The molecule has 0 aromatic heterocycles. The minimum absolute atomic E-state index is 0.0792. The number of aliphatic hydroxyl groups is 1. The largest absolute Gasteiger partial charge is 0.416 e. The van der Waals surface area contributed by atoms with Gasteiger partial charge in [-0.25, -0.2) is 0 Å². The van der Waals surface area contributed by atoms with Gasteiger partial charge < -0.3 is 5.11 Å². The minimum atomic E-state index is -4.39. The first kappa shape index (κ1) is 15.1. The highest BCUT2D eigenvalue weighted by atomic mass is 19.4. The molecule has 1 atom stereocenters. The highest BCUT2D eigenvalue weighted by molar-refractivity contribution is 5.33. The van der Waals surface area contributed by atoms with Gasteiger partial charge >= 0.3 is 6.18 Å². The van der Waals surface area contributed by atoms with E-state index in [4.69, 9.17) is 5.26 Å². The van der Waals surface area contributed by atoms with Crippen molar-refractivity contribution in [2.45, 2.75) is 18.7 Å². The highest BCUT2D eigenvalue weighted by Crippen LogP contribution is 2.30. The van der Waals surface area contributed by atoms with Crippen LogP contribution in [0, 0.1) is 11.3 Å². The Labute approximate surface area is 120 Å². The van der Waals surface area contributed by atoms with Crippen molar-refractivity contribution in [2.75, 3.05) is 0 Å². The average molecular weight is 291 g/mol. The Kier molecular flexibility index (Phi) is 4.29. The number of rotatable bonds is 3. The first-order valence-electron chi connectivity index (χ1n) is 6.24. The lowest BCUT2D eigenvalue weighted by molar-refractivity contribution is -0.137. The number of aliphatic hydroxyl groups excluding tert-OH is 1.